The number of morpholine rings is 1. The van der Waals surface area contributed by atoms with Crippen molar-refractivity contribution in [2.75, 3.05) is 44.4 Å². The third-order valence-corrected chi connectivity index (χ3v) is 12.5. The van der Waals surface area contributed by atoms with Gasteiger partial charge < -0.3 is 24.8 Å². The molecule has 2 aliphatic carbocycles. The number of hydrogen-bond acceptors (Lipinski definition) is 8. The van der Waals surface area contributed by atoms with Crippen molar-refractivity contribution < 1.29 is 36.5 Å². The van der Waals surface area contributed by atoms with Crippen LogP contribution >= 0.6 is 0 Å². The van der Waals surface area contributed by atoms with Gasteiger partial charge in [0.25, 0.3) is 0 Å². The number of aliphatic hydroxyl groups excluding tert-OH is 1. The fourth-order valence-electron chi connectivity index (χ4n) is 9.80. The highest BCUT2D eigenvalue weighted by Crippen LogP contribution is 2.50. The van der Waals surface area contributed by atoms with Gasteiger partial charge in [-0.3, -0.25) is 4.90 Å². The molecule has 13 heteroatoms. The first-order valence-electron chi connectivity index (χ1n) is 18.6. The highest BCUT2D eigenvalue weighted by atomic mass is 19.4. The number of benzene rings is 2. The van der Waals surface area contributed by atoms with Crippen molar-refractivity contribution in [1.29, 1.82) is 0 Å². The van der Waals surface area contributed by atoms with Gasteiger partial charge in [0.1, 0.15) is 17.2 Å². The molecular formula is C38H44F5N5O3. The Hall–Kier alpha value is -3.13. The van der Waals surface area contributed by atoms with E-state index < -0.39 is 41.0 Å². The average molecular weight is 714 g/mol. The minimum atomic E-state index is -4.95. The molecule has 1 saturated carbocycles. The summed E-state index contributed by atoms with van der Waals surface area (Å²) in [5.74, 6) is -2.69. The van der Waals surface area contributed by atoms with Crippen molar-refractivity contribution in [3.63, 3.8) is 0 Å². The van der Waals surface area contributed by atoms with Crippen LogP contribution in [0.5, 0.6) is 6.01 Å². The number of halogens is 5. The summed E-state index contributed by atoms with van der Waals surface area (Å²) < 4.78 is 90.0. The SMILES string of the molecule is CCc1c(F)ccc2c1C(c1c(C(F)(F)F)cc3c(N4CC5CCC(C4)N5)nc(OCC4(CN5C6CCC5COC6)CC4)nc3c1F)C[C@H](O)C2. The fourth-order valence-corrected chi connectivity index (χ4v) is 9.80. The molecule has 3 aromatic rings. The Morgan fingerprint density at radius 1 is 1.02 bits per heavy atom. The molecular weight excluding hydrogens is 669 g/mol. The number of fused-ring (bicyclic) bond motifs is 6. The maximum Gasteiger partial charge on any atom is 0.416 e. The largest absolute Gasteiger partial charge is 0.463 e. The average Bonchev–Trinajstić information content (AvgIpc) is 3.74. The second-order valence-electron chi connectivity index (χ2n) is 15.9. The van der Waals surface area contributed by atoms with E-state index in [1.807, 2.05) is 4.90 Å². The lowest BCUT2D eigenvalue weighted by atomic mass is 9.73. The van der Waals surface area contributed by atoms with Gasteiger partial charge in [0.2, 0.25) is 0 Å². The number of nitrogens with zero attached hydrogens (tertiary/aromatic N) is 4. The van der Waals surface area contributed by atoms with Crippen LogP contribution in [0.15, 0.2) is 18.2 Å². The molecule has 51 heavy (non-hydrogen) atoms. The van der Waals surface area contributed by atoms with Gasteiger partial charge in [0.05, 0.1) is 31.5 Å². The van der Waals surface area contributed by atoms with Crippen molar-refractivity contribution >= 4 is 16.7 Å². The molecule has 274 valence electrons. The fraction of sp³-hybridized carbons (Fsp3) is 0.632. The first-order valence-corrected chi connectivity index (χ1v) is 18.6. The van der Waals surface area contributed by atoms with Crippen LogP contribution in [0.4, 0.5) is 27.8 Å². The number of ether oxygens (including phenoxy) is 2. The molecule has 4 aliphatic heterocycles. The van der Waals surface area contributed by atoms with Crippen molar-refractivity contribution in [1.82, 2.24) is 20.2 Å². The predicted octanol–water partition coefficient (Wildman–Crippen LogP) is 5.89. The topological polar surface area (TPSA) is 83.0 Å². The van der Waals surface area contributed by atoms with Gasteiger partial charge in [-0.1, -0.05) is 13.0 Å². The Bertz CT molecular complexity index is 1830. The van der Waals surface area contributed by atoms with E-state index >= 15 is 22.0 Å². The van der Waals surface area contributed by atoms with Crippen LogP contribution in [0, 0.1) is 17.0 Å². The van der Waals surface area contributed by atoms with Gasteiger partial charge in [0, 0.05) is 66.1 Å². The number of piperazine rings is 1. The number of aromatic nitrogens is 2. The zero-order chi connectivity index (χ0) is 35.2. The molecule has 4 bridgehead atoms. The van der Waals surface area contributed by atoms with Crippen LogP contribution < -0.4 is 15.0 Å². The Morgan fingerprint density at radius 3 is 2.41 bits per heavy atom. The van der Waals surface area contributed by atoms with Crippen molar-refractivity contribution in [2.45, 2.75) is 107 Å². The molecule has 2 aromatic carbocycles. The van der Waals surface area contributed by atoms with Crippen LogP contribution in [0.1, 0.15) is 85.6 Å². The summed E-state index contributed by atoms with van der Waals surface area (Å²) in [6.45, 7) is 5.39. The minimum absolute atomic E-state index is 0.0326. The Balaban J connectivity index is 1.16. The number of alkyl halides is 3. The molecule has 5 fully saturated rings. The van der Waals surface area contributed by atoms with E-state index in [-0.39, 0.29) is 65.1 Å². The number of anilines is 1. The van der Waals surface area contributed by atoms with E-state index in [1.165, 1.54) is 12.1 Å². The third-order valence-electron chi connectivity index (χ3n) is 12.5. The lowest BCUT2D eigenvalue weighted by Gasteiger charge is -2.37. The van der Waals surface area contributed by atoms with E-state index in [0.717, 1.165) is 64.3 Å². The Morgan fingerprint density at radius 2 is 1.75 bits per heavy atom. The van der Waals surface area contributed by atoms with Crippen LogP contribution in [0.3, 0.4) is 0 Å². The number of hydrogen-bond donors (Lipinski definition) is 2. The summed E-state index contributed by atoms with van der Waals surface area (Å²) in [4.78, 5) is 13.8. The first kappa shape index (κ1) is 33.7. The van der Waals surface area contributed by atoms with Gasteiger partial charge in [-0.05, 0) is 86.6 Å². The van der Waals surface area contributed by atoms with Gasteiger partial charge in [-0.25, -0.2) is 8.78 Å². The second-order valence-corrected chi connectivity index (χ2v) is 15.9. The van der Waals surface area contributed by atoms with Crippen LogP contribution in [-0.4, -0.2) is 89.7 Å². The number of rotatable bonds is 8. The molecule has 6 atom stereocenters. The molecule has 5 unspecified atom stereocenters. The quantitative estimate of drug-likeness (QED) is 0.280. The van der Waals surface area contributed by atoms with E-state index in [9.17, 15) is 5.11 Å². The molecule has 0 spiro atoms. The first-order chi connectivity index (χ1) is 24.5. The van der Waals surface area contributed by atoms with Crippen LogP contribution in [-0.2, 0) is 23.8 Å². The van der Waals surface area contributed by atoms with Crippen molar-refractivity contribution in [3.05, 3.63) is 57.7 Å². The van der Waals surface area contributed by atoms with Crippen LogP contribution in [0.2, 0.25) is 0 Å². The van der Waals surface area contributed by atoms with E-state index in [4.69, 9.17) is 14.5 Å². The number of nitrogens with one attached hydrogen (secondary N) is 1. The monoisotopic (exact) mass is 713 g/mol. The molecule has 2 N–H and O–H groups in total. The maximum absolute atomic E-state index is 17.3. The normalized spacial score (nSPS) is 29.8. The van der Waals surface area contributed by atoms with Gasteiger partial charge in [-0.15, -0.1) is 0 Å². The highest BCUT2D eigenvalue weighted by molar-refractivity contribution is 5.92. The Kier molecular flexibility index (Phi) is 8.25. The summed E-state index contributed by atoms with van der Waals surface area (Å²) >= 11 is 0. The molecule has 1 aromatic heterocycles. The minimum Gasteiger partial charge on any atom is -0.463 e. The number of aliphatic hydroxyl groups is 1. The highest BCUT2D eigenvalue weighted by Gasteiger charge is 2.50. The lowest BCUT2D eigenvalue weighted by Crippen LogP contribution is -2.51. The van der Waals surface area contributed by atoms with Crippen molar-refractivity contribution in [2.24, 2.45) is 5.41 Å². The van der Waals surface area contributed by atoms with Crippen molar-refractivity contribution in [3.8, 4) is 6.01 Å². The van der Waals surface area contributed by atoms with Crippen LogP contribution in [0.25, 0.3) is 10.9 Å². The van der Waals surface area contributed by atoms with Gasteiger partial charge in [-0.2, -0.15) is 23.1 Å². The zero-order valence-electron chi connectivity index (χ0n) is 28.7. The van der Waals surface area contributed by atoms with Gasteiger partial charge in [0.15, 0.2) is 5.82 Å². The predicted molar refractivity (Wildman–Crippen MR) is 180 cm³/mol. The molecule has 0 amide bonds. The molecule has 9 rings (SSSR count). The molecule has 5 heterocycles. The lowest BCUT2D eigenvalue weighted by molar-refractivity contribution is -0.138. The summed E-state index contributed by atoms with van der Waals surface area (Å²) in [5, 5.41) is 14.4. The van der Waals surface area contributed by atoms with E-state index in [0.29, 0.717) is 42.9 Å². The standard InChI is InChI=1S/C38H44F5N5O3/c1-2-26-30(39)8-3-20-11-25(49)12-27(31(20)26)32-29(38(41,42)43)13-28-34(33(32)40)45-36(46-35(28)47-14-21-4-5-22(15-47)44-21)51-19-37(9-10-37)18-48-23-6-7-24(48)17-50-16-23/h3,8,13,21-25,27,44,49H,2,4-7,9-12,14-19H2,1H3/t21?,22?,23?,24?,25-,27?/m1/s1. The van der Waals surface area contributed by atoms with E-state index in [2.05, 4.69) is 15.2 Å². The smallest absolute Gasteiger partial charge is 0.416 e. The maximum atomic E-state index is 17.3. The van der Waals surface area contributed by atoms with E-state index in [1.54, 1.807) is 6.92 Å². The summed E-state index contributed by atoms with van der Waals surface area (Å²) in [5.41, 5.74) is -1.04. The third kappa shape index (κ3) is 5.96. The summed E-state index contributed by atoms with van der Waals surface area (Å²) in [6, 6.07) is 4.76. The molecule has 4 saturated heterocycles. The molecule has 0 radical (unpaired) electrons. The summed E-state index contributed by atoms with van der Waals surface area (Å²) in [6.07, 6.45) is 0.252. The van der Waals surface area contributed by atoms with Gasteiger partial charge >= 0.3 is 12.2 Å². The Labute approximate surface area is 293 Å². The zero-order valence-corrected chi connectivity index (χ0v) is 28.7. The summed E-state index contributed by atoms with van der Waals surface area (Å²) in [7, 11) is 0. The molecule has 6 aliphatic rings. The second kappa shape index (κ2) is 12.5. The molecule has 8 nitrogen and oxygen atoms in total.